The Hall–Kier alpha value is -1.95. The Kier molecular flexibility index (Phi) is 3.06. The number of rotatable bonds is 3. The molecule has 4 nitrogen and oxygen atoms in total. The van der Waals surface area contributed by atoms with Crippen molar-refractivity contribution in [2.45, 2.75) is 0 Å². The van der Waals surface area contributed by atoms with Gasteiger partial charge in [-0.1, -0.05) is 30.6 Å². The molecule has 0 aromatic carbocycles. The van der Waals surface area contributed by atoms with Gasteiger partial charge in [-0.15, -0.1) is 0 Å². The first kappa shape index (κ1) is 11.5. The van der Waals surface area contributed by atoms with Gasteiger partial charge < -0.3 is 5.73 Å². The molecule has 17 heavy (non-hydrogen) atoms. The minimum absolute atomic E-state index is 0.368. The molecule has 2 N–H and O–H groups in total. The van der Waals surface area contributed by atoms with Gasteiger partial charge in [-0.2, -0.15) is 0 Å². The van der Waals surface area contributed by atoms with Gasteiger partial charge in [-0.25, -0.2) is 4.98 Å². The third kappa shape index (κ3) is 2.26. The van der Waals surface area contributed by atoms with E-state index in [1.54, 1.807) is 18.4 Å². The molecule has 0 atom stereocenters. The van der Waals surface area contributed by atoms with Crippen LogP contribution in [-0.2, 0) is 0 Å². The molecule has 82 valence electrons. The van der Waals surface area contributed by atoms with Crippen LogP contribution in [0.2, 0.25) is 0 Å². The van der Waals surface area contributed by atoms with E-state index in [1.165, 1.54) is 11.3 Å². The largest absolute Gasteiger partial charge is 0.375 e. The summed E-state index contributed by atoms with van der Waals surface area (Å²) < 4.78 is 0.836. The molecule has 0 saturated heterocycles. The van der Waals surface area contributed by atoms with Crippen LogP contribution in [0.4, 0.5) is 5.13 Å². The van der Waals surface area contributed by atoms with Crippen LogP contribution in [0.5, 0.6) is 0 Å². The summed E-state index contributed by atoms with van der Waals surface area (Å²) in [6, 6.07) is 1.68. The summed E-state index contributed by atoms with van der Waals surface area (Å²) in [6.45, 7) is 7.38. The molecule has 0 aliphatic carbocycles. The van der Waals surface area contributed by atoms with Crippen molar-refractivity contribution < 1.29 is 0 Å². The van der Waals surface area contributed by atoms with Gasteiger partial charge in [0.15, 0.2) is 5.13 Å². The normalized spacial score (nSPS) is 11.1. The molecule has 0 spiro atoms. The molecule has 6 heteroatoms. The first-order chi connectivity index (χ1) is 8.11. The lowest BCUT2D eigenvalue weighted by Gasteiger charge is -2.02. The highest BCUT2D eigenvalue weighted by molar-refractivity contribution is 7.22. The number of hydrogen-bond acceptors (Lipinski definition) is 5. The summed E-state index contributed by atoms with van der Waals surface area (Å²) >= 11 is 1.34. The predicted octanol–water partition coefficient (Wildman–Crippen LogP) is 1.29. The van der Waals surface area contributed by atoms with Crippen LogP contribution in [-0.4, -0.2) is 24.0 Å². The van der Waals surface area contributed by atoms with Crippen molar-refractivity contribution in [3.63, 3.8) is 0 Å². The SMILES string of the molecule is [B]c1cc2nc(N)sc2c(C(=C)N=CC=C)n1. The molecule has 0 unspecified atom stereocenters. The smallest absolute Gasteiger partial charge is 0.181 e. The third-order valence-corrected chi connectivity index (χ3v) is 2.93. The molecule has 0 saturated carbocycles. The summed E-state index contributed by atoms with van der Waals surface area (Å²) in [6.07, 6.45) is 3.11. The first-order valence-corrected chi connectivity index (χ1v) is 5.60. The second kappa shape index (κ2) is 4.51. The fourth-order valence-electron chi connectivity index (χ4n) is 1.37. The van der Waals surface area contributed by atoms with Gasteiger partial charge in [0.25, 0.3) is 0 Å². The Morgan fingerprint density at radius 2 is 2.29 bits per heavy atom. The highest BCUT2D eigenvalue weighted by Gasteiger charge is 2.11. The summed E-state index contributed by atoms with van der Waals surface area (Å²) in [4.78, 5) is 12.5. The van der Waals surface area contributed by atoms with Crippen LogP contribution >= 0.6 is 11.3 Å². The molecule has 2 aromatic heterocycles. The van der Waals surface area contributed by atoms with Crippen molar-refractivity contribution in [1.82, 2.24) is 9.97 Å². The maximum atomic E-state index is 5.70. The molecule has 2 radical (unpaired) electrons. The van der Waals surface area contributed by atoms with Crippen LogP contribution < -0.4 is 11.3 Å². The average Bonchev–Trinajstić information content (AvgIpc) is 2.64. The van der Waals surface area contributed by atoms with Crippen molar-refractivity contribution in [1.29, 1.82) is 0 Å². The van der Waals surface area contributed by atoms with E-state index in [0.717, 1.165) is 4.70 Å². The van der Waals surface area contributed by atoms with Gasteiger partial charge in [0.2, 0.25) is 0 Å². The van der Waals surface area contributed by atoms with E-state index in [9.17, 15) is 0 Å². The number of nitrogens with two attached hydrogens (primary N) is 1. The number of anilines is 1. The lowest BCUT2D eigenvalue weighted by Crippen LogP contribution is -2.09. The van der Waals surface area contributed by atoms with Crippen molar-refractivity contribution >= 4 is 52.0 Å². The van der Waals surface area contributed by atoms with E-state index in [-0.39, 0.29) is 0 Å². The fourth-order valence-corrected chi connectivity index (χ4v) is 2.19. The van der Waals surface area contributed by atoms with Gasteiger partial charge >= 0.3 is 0 Å². The molecular formula is C11H9BN4S. The molecule has 2 heterocycles. The van der Waals surface area contributed by atoms with E-state index in [0.29, 0.717) is 27.6 Å². The van der Waals surface area contributed by atoms with Crippen molar-refractivity contribution in [3.05, 3.63) is 31.0 Å². The second-order valence-electron chi connectivity index (χ2n) is 3.26. The van der Waals surface area contributed by atoms with Crippen LogP contribution in [0, 0.1) is 0 Å². The van der Waals surface area contributed by atoms with Gasteiger partial charge in [-0.3, -0.25) is 9.98 Å². The number of thiazole rings is 1. The number of allylic oxidation sites excluding steroid dienone is 1. The first-order valence-electron chi connectivity index (χ1n) is 4.78. The second-order valence-corrected chi connectivity index (χ2v) is 4.29. The highest BCUT2D eigenvalue weighted by Crippen LogP contribution is 2.28. The predicted molar refractivity (Wildman–Crippen MR) is 74.9 cm³/mol. The average molecular weight is 240 g/mol. The van der Waals surface area contributed by atoms with Crippen LogP contribution in [0.3, 0.4) is 0 Å². The summed E-state index contributed by atoms with van der Waals surface area (Å²) in [7, 11) is 5.70. The monoisotopic (exact) mass is 240 g/mol. The zero-order valence-electron chi connectivity index (χ0n) is 9.05. The minimum Gasteiger partial charge on any atom is -0.375 e. The number of fused-ring (bicyclic) bond motifs is 1. The molecule has 0 bridgehead atoms. The number of aromatic nitrogens is 2. The number of aliphatic imine (C=N–C) groups is 1. The lowest BCUT2D eigenvalue weighted by molar-refractivity contribution is 1.34. The Balaban J connectivity index is 2.62. The van der Waals surface area contributed by atoms with E-state index >= 15 is 0 Å². The third-order valence-electron chi connectivity index (χ3n) is 2.02. The van der Waals surface area contributed by atoms with Crippen LogP contribution in [0.15, 0.2) is 30.3 Å². The zero-order valence-corrected chi connectivity index (χ0v) is 9.87. The Morgan fingerprint density at radius 3 is 3.00 bits per heavy atom. The van der Waals surface area contributed by atoms with Crippen molar-refractivity contribution in [3.8, 4) is 0 Å². The molecule has 0 fully saturated rings. The molecular weight excluding hydrogens is 231 g/mol. The van der Waals surface area contributed by atoms with E-state index < -0.39 is 0 Å². The number of nitrogen functional groups attached to an aromatic ring is 1. The lowest BCUT2D eigenvalue weighted by atomic mass is 10.0. The molecule has 2 aromatic rings. The van der Waals surface area contributed by atoms with Crippen LogP contribution in [0.1, 0.15) is 5.69 Å². The van der Waals surface area contributed by atoms with Crippen molar-refractivity contribution in [2.75, 3.05) is 5.73 Å². The molecule has 0 amide bonds. The fraction of sp³-hybridized carbons (Fsp3) is 0. The van der Waals surface area contributed by atoms with Gasteiger partial charge in [0, 0.05) is 6.21 Å². The Labute approximate surface area is 104 Å². The minimum atomic E-state index is 0.368. The van der Waals surface area contributed by atoms with E-state index in [1.807, 2.05) is 0 Å². The van der Waals surface area contributed by atoms with E-state index in [4.69, 9.17) is 13.6 Å². The van der Waals surface area contributed by atoms with Gasteiger partial charge in [-0.05, 0) is 11.7 Å². The Bertz CT molecular complexity index is 630. The molecule has 0 aliphatic rings. The number of pyridine rings is 1. The molecule has 0 aliphatic heterocycles. The number of hydrogen-bond donors (Lipinski definition) is 1. The van der Waals surface area contributed by atoms with Crippen molar-refractivity contribution in [2.24, 2.45) is 4.99 Å². The van der Waals surface area contributed by atoms with Gasteiger partial charge in [0.1, 0.15) is 13.5 Å². The zero-order chi connectivity index (χ0) is 12.4. The number of nitrogens with zero attached hydrogens (tertiary/aromatic N) is 3. The maximum absolute atomic E-state index is 5.70. The van der Waals surface area contributed by atoms with E-state index in [2.05, 4.69) is 28.1 Å². The Morgan fingerprint density at radius 1 is 1.53 bits per heavy atom. The maximum Gasteiger partial charge on any atom is 0.181 e. The van der Waals surface area contributed by atoms with Gasteiger partial charge in [0.05, 0.1) is 15.9 Å². The summed E-state index contributed by atoms with van der Waals surface area (Å²) in [5.41, 5.74) is 7.85. The standard InChI is InChI=1S/C11H9BN4S/c1-3-4-14-6(2)9-10-7(5-8(12)16-9)15-11(13)17-10/h3-5H,1-2H2,(H2,13,15). The van der Waals surface area contributed by atoms with Crippen LogP contribution in [0.25, 0.3) is 15.9 Å². The summed E-state index contributed by atoms with van der Waals surface area (Å²) in [5, 5.41) is 0.467. The topological polar surface area (TPSA) is 64.2 Å². The molecule has 2 rings (SSSR count). The quantitative estimate of drug-likeness (QED) is 0.649. The highest BCUT2D eigenvalue weighted by atomic mass is 32.1. The summed E-state index contributed by atoms with van der Waals surface area (Å²) in [5.74, 6) is 0.